The smallest absolute Gasteiger partial charge is 0.0104 e. The predicted octanol–water partition coefficient (Wildman–Crippen LogP) is 3.70. The van der Waals surface area contributed by atoms with Crippen LogP contribution in [0.25, 0.3) is 0 Å². The summed E-state index contributed by atoms with van der Waals surface area (Å²) in [6.07, 6.45) is 2.51. The van der Waals surface area contributed by atoms with Crippen molar-refractivity contribution < 1.29 is 0 Å². The van der Waals surface area contributed by atoms with Crippen molar-refractivity contribution in [3.63, 3.8) is 0 Å². The van der Waals surface area contributed by atoms with Crippen LogP contribution in [-0.2, 0) is 0 Å². The van der Waals surface area contributed by atoms with Crippen LogP contribution < -0.4 is 0 Å². The molecule has 0 heterocycles. The molecule has 0 saturated carbocycles. The molecule has 0 atom stereocenters. The minimum atomic E-state index is 0.337. The van der Waals surface area contributed by atoms with Gasteiger partial charge in [-0.05, 0) is 43.3 Å². The van der Waals surface area contributed by atoms with Crippen LogP contribution >= 0.6 is 0 Å². The van der Waals surface area contributed by atoms with Crippen molar-refractivity contribution in [1.82, 2.24) is 0 Å². The van der Waals surface area contributed by atoms with Crippen molar-refractivity contribution in [3.05, 3.63) is 23.3 Å². The Labute approximate surface area is 70.0 Å². The summed E-state index contributed by atoms with van der Waals surface area (Å²) in [4.78, 5) is 0. The lowest BCUT2D eigenvalue weighted by molar-refractivity contribution is 0.398. The predicted molar refractivity (Wildman–Crippen MR) is 50.5 cm³/mol. The van der Waals surface area contributed by atoms with Gasteiger partial charge in [0, 0.05) is 0 Å². The first-order chi connectivity index (χ1) is 4.95. The Balaban J connectivity index is 3.00. The average Bonchev–Trinajstić information content (AvgIpc) is 1.95. The molecule has 1 aliphatic rings. The van der Waals surface area contributed by atoms with Crippen molar-refractivity contribution in [2.24, 2.45) is 5.41 Å². The van der Waals surface area contributed by atoms with Crippen LogP contribution in [0.1, 0.15) is 40.5 Å². The highest BCUT2D eigenvalue weighted by Gasteiger charge is 2.26. The van der Waals surface area contributed by atoms with Gasteiger partial charge >= 0.3 is 0 Å². The first-order valence-corrected chi connectivity index (χ1v) is 4.31. The molecule has 11 heavy (non-hydrogen) atoms. The summed E-state index contributed by atoms with van der Waals surface area (Å²) in [5.41, 5.74) is 4.63. The molecule has 1 aliphatic carbocycles. The fourth-order valence-electron chi connectivity index (χ4n) is 1.60. The molecule has 0 unspecified atom stereocenters. The second-order valence-corrected chi connectivity index (χ2v) is 4.27. The maximum atomic E-state index is 4.14. The summed E-state index contributed by atoms with van der Waals surface area (Å²) in [6, 6.07) is 0. The zero-order chi connectivity index (χ0) is 8.65. The van der Waals surface area contributed by atoms with Crippen molar-refractivity contribution in [1.29, 1.82) is 0 Å². The van der Waals surface area contributed by atoms with Crippen LogP contribution in [0, 0.1) is 5.41 Å². The molecule has 0 radical (unpaired) electrons. The van der Waals surface area contributed by atoms with E-state index in [9.17, 15) is 0 Å². The average molecular weight is 150 g/mol. The quantitative estimate of drug-likeness (QED) is 0.494. The third-order valence-corrected chi connectivity index (χ3v) is 3.03. The van der Waals surface area contributed by atoms with Crippen LogP contribution in [0.4, 0.5) is 0 Å². The molecule has 0 saturated heterocycles. The SMILES string of the molecule is C=C1C(C)=C(C)CCC1(C)C. The molecule has 0 aromatic heterocycles. The summed E-state index contributed by atoms with van der Waals surface area (Å²) in [7, 11) is 0. The van der Waals surface area contributed by atoms with Gasteiger partial charge in [0.25, 0.3) is 0 Å². The second-order valence-electron chi connectivity index (χ2n) is 4.27. The molecule has 0 spiro atoms. The molecular weight excluding hydrogens is 132 g/mol. The molecule has 0 amide bonds. The fraction of sp³-hybridized carbons (Fsp3) is 0.636. The largest absolute Gasteiger partial charge is 0.0950 e. The van der Waals surface area contributed by atoms with E-state index >= 15 is 0 Å². The van der Waals surface area contributed by atoms with Crippen molar-refractivity contribution in [2.75, 3.05) is 0 Å². The van der Waals surface area contributed by atoms with Gasteiger partial charge in [-0.2, -0.15) is 0 Å². The highest BCUT2D eigenvalue weighted by Crippen LogP contribution is 2.41. The topological polar surface area (TPSA) is 0 Å². The Morgan fingerprint density at radius 3 is 2.27 bits per heavy atom. The van der Waals surface area contributed by atoms with E-state index in [2.05, 4.69) is 34.3 Å². The second kappa shape index (κ2) is 2.51. The van der Waals surface area contributed by atoms with E-state index in [0.29, 0.717) is 5.41 Å². The van der Waals surface area contributed by atoms with Gasteiger partial charge < -0.3 is 0 Å². The molecule has 0 aromatic rings. The fourth-order valence-corrected chi connectivity index (χ4v) is 1.60. The monoisotopic (exact) mass is 150 g/mol. The lowest BCUT2D eigenvalue weighted by atomic mass is 9.72. The maximum absolute atomic E-state index is 4.14. The lowest BCUT2D eigenvalue weighted by Gasteiger charge is -2.33. The number of allylic oxidation sites excluding steroid dienone is 3. The van der Waals surface area contributed by atoms with Gasteiger partial charge in [-0.15, -0.1) is 0 Å². The zero-order valence-electron chi connectivity index (χ0n) is 8.12. The van der Waals surface area contributed by atoms with E-state index < -0.39 is 0 Å². The standard InChI is InChI=1S/C11H18/c1-8-6-7-11(4,5)10(3)9(8)2/h3,6-7H2,1-2,4-5H3. The van der Waals surface area contributed by atoms with Crippen LogP contribution in [0.5, 0.6) is 0 Å². The molecule has 0 nitrogen and oxygen atoms in total. The minimum Gasteiger partial charge on any atom is -0.0950 e. The van der Waals surface area contributed by atoms with Gasteiger partial charge in [-0.3, -0.25) is 0 Å². The highest BCUT2D eigenvalue weighted by atomic mass is 14.3. The molecular formula is C11H18. The Kier molecular flexibility index (Phi) is 1.96. The summed E-state index contributed by atoms with van der Waals surface area (Å²) < 4.78 is 0. The van der Waals surface area contributed by atoms with Crippen molar-refractivity contribution in [3.8, 4) is 0 Å². The Morgan fingerprint density at radius 2 is 1.82 bits per heavy atom. The summed E-state index contributed by atoms with van der Waals surface area (Å²) >= 11 is 0. The molecule has 62 valence electrons. The molecule has 0 N–H and O–H groups in total. The van der Waals surface area contributed by atoms with Crippen LogP contribution in [0.3, 0.4) is 0 Å². The number of hydrogen-bond acceptors (Lipinski definition) is 0. The molecule has 1 rings (SSSR count). The Bertz CT molecular complexity index is 216. The maximum Gasteiger partial charge on any atom is -0.0104 e. The van der Waals surface area contributed by atoms with Gasteiger partial charge in [-0.25, -0.2) is 0 Å². The van der Waals surface area contributed by atoms with Crippen molar-refractivity contribution in [2.45, 2.75) is 40.5 Å². The van der Waals surface area contributed by atoms with Gasteiger partial charge in [0.15, 0.2) is 0 Å². The molecule has 0 bridgehead atoms. The minimum absolute atomic E-state index is 0.337. The van der Waals surface area contributed by atoms with Crippen LogP contribution in [0.2, 0.25) is 0 Å². The van der Waals surface area contributed by atoms with E-state index in [0.717, 1.165) is 0 Å². The van der Waals surface area contributed by atoms with E-state index in [1.165, 1.54) is 29.6 Å². The Hall–Kier alpha value is -0.520. The molecule has 0 aromatic carbocycles. The summed E-state index contributed by atoms with van der Waals surface area (Å²) in [6.45, 7) is 13.1. The van der Waals surface area contributed by atoms with Crippen LogP contribution in [0.15, 0.2) is 23.3 Å². The Morgan fingerprint density at radius 1 is 1.27 bits per heavy atom. The lowest BCUT2D eigenvalue weighted by Crippen LogP contribution is -2.19. The van der Waals surface area contributed by atoms with Gasteiger partial charge in [0.2, 0.25) is 0 Å². The molecule has 0 aliphatic heterocycles. The number of rotatable bonds is 0. The summed E-state index contributed by atoms with van der Waals surface area (Å²) in [5.74, 6) is 0. The summed E-state index contributed by atoms with van der Waals surface area (Å²) in [5, 5.41) is 0. The van der Waals surface area contributed by atoms with E-state index in [1.54, 1.807) is 0 Å². The van der Waals surface area contributed by atoms with Crippen molar-refractivity contribution >= 4 is 0 Å². The first kappa shape index (κ1) is 8.58. The van der Waals surface area contributed by atoms with Gasteiger partial charge in [0.05, 0.1) is 0 Å². The van der Waals surface area contributed by atoms with Crippen LogP contribution in [-0.4, -0.2) is 0 Å². The first-order valence-electron chi connectivity index (χ1n) is 4.31. The third kappa shape index (κ3) is 1.40. The molecule has 0 fully saturated rings. The van der Waals surface area contributed by atoms with Gasteiger partial charge in [0.1, 0.15) is 0 Å². The van der Waals surface area contributed by atoms with E-state index in [1.807, 2.05) is 0 Å². The number of hydrogen-bond donors (Lipinski definition) is 0. The van der Waals surface area contributed by atoms with E-state index in [-0.39, 0.29) is 0 Å². The van der Waals surface area contributed by atoms with E-state index in [4.69, 9.17) is 0 Å². The van der Waals surface area contributed by atoms with Gasteiger partial charge in [-0.1, -0.05) is 26.0 Å². The highest BCUT2D eigenvalue weighted by molar-refractivity contribution is 5.38. The zero-order valence-corrected chi connectivity index (χ0v) is 8.12. The third-order valence-electron chi connectivity index (χ3n) is 3.03. The normalized spacial score (nSPS) is 24.2. The molecule has 0 heteroatoms.